The molecule has 212 valence electrons. The van der Waals surface area contributed by atoms with E-state index in [2.05, 4.69) is 179 Å². The van der Waals surface area contributed by atoms with Crippen LogP contribution in [0.15, 0.2) is 180 Å². The van der Waals surface area contributed by atoms with Gasteiger partial charge in [-0.2, -0.15) is 0 Å². The van der Waals surface area contributed by atoms with Gasteiger partial charge in [0.05, 0.1) is 22.4 Å². The second-order valence-electron chi connectivity index (χ2n) is 11.4. The topological polar surface area (TPSA) is 8.17 Å². The van der Waals surface area contributed by atoms with E-state index < -0.39 is 0 Å². The van der Waals surface area contributed by atoms with Crippen molar-refractivity contribution in [1.82, 2.24) is 4.57 Å². The minimum Gasteiger partial charge on any atom is -0.307 e. The van der Waals surface area contributed by atoms with E-state index in [1.165, 1.54) is 65.2 Å². The summed E-state index contributed by atoms with van der Waals surface area (Å²) < 4.78 is 2.49. The molecule has 1 aliphatic heterocycles. The molecule has 1 aliphatic rings. The first-order valence-corrected chi connectivity index (χ1v) is 16.1. The fourth-order valence-corrected chi connectivity index (χ4v) is 7.80. The number of fused-ring (bicyclic) bond motifs is 6. The average molecular weight is 593 g/mol. The van der Waals surface area contributed by atoms with Gasteiger partial charge in [-0.25, -0.2) is 0 Å². The highest BCUT2D eigenvalue weighted by Gasteiger charge is 2.29. The van der Waals surface area contributed by atoms with Crippen LogP contribution in [0.4, 0.5) is 17.1 Å². The van der Waals surface area contributed by atoms with Crippen LogP contribution in [-0.4, -0.2) is 4.57 Å². The molecule has 0 aliphatic carbocycles. The SMILES string of the molecule is c1ccc(-c2cc(-c3ccccc3)cc(-n3c4ccccc4c4ccc5c(c43)N(c3ccccc3)c3ccccc3S5)c2)cc1. The van der Waals surface area contributed by atoms with Crippen molar-refractivity contribution in [3.8, 4) is 27.9 Å². The molecular weight excluding hydrogens is 565 g/mol. The van der Waals surface area contributed by atoms with Crippen LogP contribution >= 0.6 is 11.8 Å². The summed E-state index contributed by atoms with van der Waals surface area (Å²) in [6.07, 6.45) is 0. The second kappa shape index (κ2) is 10.6. The third kappa shape index (κ3) is 4.28. The van der Waals surface area contributed by atoms with E-state index in [4.69, 9.17) is 0 Å². The Morgan fingerprint density at radius 2 is 1.00 bits per heavy atom. The fraction of sp³-hybridized carbons (Fsp3) is 0. The first-order chi connectivity index (χ1) is 22.3. The van der Waals surface area contributed by atoms with Gasteiger partial charge >= 0.3 is 0 Å². The number of nitrogens with zero attached hydrogens (tertiary/aromatic N) is 2. The molecule has 0 bridgehead atoms. The summed E-state index contributed by atoms with van der Waals surface area (Å²) in [5.74, 6) is 0. The Labute approximate surface area is 266 Å². The largest absolute Gasteiger partial charge is 0.307 e. The summed E-state index contributed by atoms with van der Waals surface area (Å²) in [5, 5.41) is 2.50. The van der Waals surface area contributed by atoms with Crippen molar-refractivity contribution in [1.29, 1.82) is 0 Å². The number of hydrogen-bond donors (Lipinski definition) is 0. The van der Waals surface area contributed by atoms with Crippen LogP contribution < -0.4 is 4.90 Å². The molecule has 0 radical (unpaired) electrons. The molecule has 0 saturated heterocycles. The molecule has 0 unspecified atom stereocenters. The van der Waals surface area contributed by atoms with E-state index in [0.29, 0.717) is 0 Å². The van der Waals surface area contributed by atoms with Crippen LogP contribution in [0, 0.1) is 0 Å². The molecule has 0 atom stereocenters. The van der Waals surface area contributed by atoms with E-state index in [-0.39, 0.29) is 0 Å². The van der Waals surface area contributed by atoms with Gasteiger partial charge in [-0.05, 0) is 76.9 Å². The maximum atomic E-state index is 2.49. The number of aromatic nitrogens is 1. The molecule has 0 N–H and O–H groups in total. The third-order valence-corrected chi connectivity index (χ3v) is 9.84. The smallest absolute Gasteiger partial charge is 0.0850 e. The molecule has 45 heavy (non-hydrogen) atoms. The van der Waals surface area contributed by atoms with Crippen LogP contribution in [-0.2, 0) is 0 Å². The summed E-state index contributed by atoms with van der Waals surface area (Å²) in [5.41, 5.74) is 11.9. The van der Waals surface area contributed by atoms with Crippen molar-refractivity contribution < 1.29 is 0 Å². The van der Waals surface area contributed by atoms with E-state index in [1.807, 2.05) is 11.8 Å². The quantitative estimate of drug-likeness (QED) is 0.201. The zero-order valence-electron chi connectivity index (χ0n) is 24.5. The van der Waals surface area contributed by atoms with Gasteiger partial charge in [0.1, 0.15) is 0 Å². The number of benzene rings is 7. The molecule has 1 aromatic heterocycles. The van der Waals surface area contributed by atoms with Crippen molar-refractivity contribution in [2.75, 3.05) is 4.90 Å². The van der Waals surface area contributed by atoms with E-state index >= 15 is 0 Å². The lowest BCUT2D eigenvalue weighted by atomic mass is 9.98. The number of hydrogen-bond acceptors (Lipinski definition) is 2. The van der Waals surface area contributed by atoms with Gasteiger partial charge in [0, 0.05) is 31.9 Å². The fourth-order valence-electron chi connectivity index (χ4n) is 6.74. The Balaban J connectivity index is 1.41. The van der Waals surface area contributed by atoms with Gasteiger partial charge in [0.25, 0.3) is 0 Å². The first-order valence-electron chi connectivity index (χ1n) is 15.3. The summed E-state index contributed by atoms with van der Waals surface area (Å²) >= 11 is 1.85. The Bertz CT molecular complexity index is 2280. The molecule has 7 aromatic carbocycles. The van der Waals surface area contributed by atoms with Gasteiger partial charge in [-0.3, -0.25) is 0 Å². The predicted octanol–water partition coefficient (Wildman–Crippen LogP) is 12.1. The lowest BCUT2D eigenvalue weighted by Gasteiger charge is -2.34. The normalized spacial score (nSPS) is 12.3. The van der Waals surface area contributed by atoms with Gasteiger partial charge in [0.2, 0.25) is 0 Å². The van der Waals surface area contributed by atoms with Crippen molar-refractivity contribution in [3.05, 3.63) is 170 Å². The molecule has 0 spiro atoms. The number of anilines is 3. The third-order valence-electron chi connectivity index (χ3n) is 8.73. The van der Waals surface area contributed by atoms with Crippen LogP contribution in [0.1, 0.15) is 0 Å². The lowest BCUT2D eigenvalue weighted by Crippen LogP contribution is -2.16. The van der Waals surface area contributed by atoms with E-state index in [0.717, 1.165) is 11.4 Å². The van der Waals surface area contributed by atoms with Crippen molar-refractivity contribution in [3.63, 3.8) is 0 Å². The number of para-hydroxylation sites is 3. The Hall–Kier alpha value is -5.51. The first kappa shape index (κ1) is 25.9. The number of rotatable bonds is 4. The van der Waals surface area contributed by atoms with Gasteiger partial charge in [-0.15, -0.1) is 0 Å². The Morgan fingerprint density at radius 1 is 0.400 bits per heavy atom. The predicted molar refractivity (Wildman–Crippen MR) is 190 cm³/mol. The van der Waals surface area contributed by atoms with Crippen molar-refractivity contribution in [2.45, 2.75) is 9.79 Å². The van der Waals surface area contributed by atoms with Crippen LogP contribution in [0.5, 0.6) is 0 Å². The summed E-state index contributed by atoms with van der Waals surface area (Å²) in [4.78, 5) is 4.96. The molecule has 8 aromatic rings. The average Bonchev–Trinajstić information content (AvgIpc) is 3.46. The monoisotopic (exact) mass is 592 g/mol. The summed E-state index contributed by atoms with van der Waals surface area (Å²) in [6, 6.07) is 61.4. The molecule has 2 heterocycles. The highest BCUT2D eigenvalue weighted by Crippen LogP contribution is 2.55. The zero-order chi connectivity index (χ0) is 29.7. The second-order valence-corrected chi connectivity index (χ2v) is 12.5. The van der Waals surface area contributed by atoms with Crippen LogP contribution in [0.2, 0.25) is 0 Å². The molecule has 9 rings (SSSR count). The lowest BCUT2D eigenvalue weighted by molar-refractivity contribution is 1.13. The molecular formula is C42H28N2S. The highest BCUT2D eigenvalue weighted by atomic mass is 32.2. The maximum absolute atomic E-state index is 2.49. The zero-order valence-corrected chi connectivity index (χ0v) is 25.3. The molecule has 0 amide bonds. The molecule has 0 saturated carbocycles. The Kier molecular flexibility index (Phi) is 6.10. The maximum Gasteiger partial charge on any atom is 0.0850 e. The van der Waals surface area contributed by atoms with Crippen LogP contribution in [0.3, 0.4) is 0 Å². The van der Waals surface area contributed by atoms with Gasteiger partial charge < -0.3 is 9.47 Å². The molecule has 0 fully saturated rings. The van der Waals surface area contributed by atoms with Gasteiger partial charge in [0.15, 0.2) is 0 Å². The van der Waals surface area contributed by atoms with Gasteiger partial charge in [-0.1, -0.05) is 127 Å². The van der Waals surface area contributed by atoms with Crippen LogP contribution in [0.25, 0.3) is 49.7 Å². The molecule has 2 nitrogen and oxygen atoms in total. The van der Waals surface area contributed by atoms with E-state index in [9.17, 15) is 0 Å². The summed E-state index contributed by atoms with van der Waals surface area (Å²) in [6.45, 7) is 0. The van der Waals surface area contributed by atoms with Crippen molar-refractivity contribution >= 4 is 50.6 Å². The van der Waals surface area contributed by atoms with Crippen molar-refractivity contribution in [2.24, 2.45) is 0 Å². The standard InChI is InChI=1S/C42H28N2S/c1-4-14-29(15-5-1)31-26-32(30-16-6-2-7-17-30)28-34(27-31)44-37-21-11-10-20-35(37)36-24-25-40-42(41(36)44)43(33-18-8-3-9-19-33)38-22-12-13-23-39(38)45-40/h1-28H. The highest BCUT2D eigenvalue weighted by molar-refractivity contribution is 7.99. The minimum atomic E-state index is 1.15. The summed E-state index contributed by atoms with van der Waals surface area (Å²) in [7, 11) is 0. The van der Waals surface area contributed by atoms with E-state index in [1.54, 1.807) is 0 Å². The Morgan fingerprint density at radius 3 is 1.71 bits per heavy atom. The minimum absolute atomic E-state index is 1.15. The molecule has 3 heteroatoms.